The van der Waals surface area contributed by atoms with Crippen molar-refractivity contribution >= 4 is 51.4 Å². The number of thiophene rings is 1. The molecule has 1 aromatic heterocycles. The Bertz CT molecular complexity index is 866. The molecular formula is C18H18Cl2N2O3S. The number of hydrogen-bond acceptors (Lipinski definition) is 4. The molecule has 0 fully saturated rings. The van der Waals surface area contributed by atoms with Crippen molar-refractivity contribution in [1.82, 2.24) is 0 Å². The van der Waals surface area contributed by atoms with Gasteiger partial charge in [0.2, 0.25) is 0 Å². The molecule has 1 heterocycles. The average molecular weight is 413 g/mol. The molecule has 26 heavy (non-hydrogen) atoms. The quantitative estimate of drug-likeness (QED) is 0.767. The van der Waals surface area contributed by atoms with Crippen molar-refractivity contribution in [2.24, 2.45) is 11.7 Å². The summed E-state index contributed by atoms with van der Waals surface area (Å²) in [6.45, 7) is 1.94. The lowest BCUT2D eigenvalue weighted by Crippen LogP contribution is -2.22. The van der Waals surface area contributed by atoms with Gasteiger partial charge in [-0.3, -0.25) is 9.59 Å². The fraction of sp³-hybridized carbons (Fsp3) is 0.333. The van der Waals surface area contributed by atoms with Crippen LogP contribution in [0.1, 0.15) is 34.1 Å². The Morgan fingerprint density at radius 1 is 1.38 bits per heavy atom. The van der Waals surface area contributed by atoms with E-state index in [1.807, 2.05) is 0 Å². The highest BCUT2D eigenvalue weighted by Crippen LogP contribution is 2.39. The lowest BCUT2D eigenvalue weighted by Gasteiger charge is -2.18. The maximum atomic E-state index is 12.3. The first-order chi connectivity index (χ1) is 12.3. The third-order valence-electron chi connectivity index (χ3n) is 4.26. The molecule has 0 spiro atoms. The lowest BCUT2D eigenvalue weighted by molar-refractivity contribution is -0.118. The molecule has 1 atom stereocenters. The van der Waals surface area contributed by atoms with Crippen molar-refractivity contribution in [3.8, 4) is 5.75 Å². The van der Waals surface area contributed by atoms with E-state index in [2.05, 4.69) is 12.2 Å². The highest BCUT2D eigenvalue weighted by molar-refractivity contribution is 7.17. The number of nitrogens with two attached hydrogens (primary N) is 1. The summed E-state index contributed by atoms with van der Waals surface area (Å²) in [5.74, 6) is 0.0145. The van der Waals surface area contributed by atoms with E-state index in [1.54, 1.807) is 12.1 Å². The van der Waals surface area contributed by atoms with Crippen molar-refractivity contribution in [1.29, 1.82) is 0 Å². The number of halogens is 2. The normalized spacial score (nSPS) is 16.0. The second-order valence-corrected chi connectivity index (χ2v) is 8.28. The molecule has 2 aromatic rings. The molecule has 2 amide bonds. The molecule has 1 unspecified atom stereocenters. The number of carbonyl (C=O) groups is 2. The maximum absolute atomic E-state index is 12.3. The van der Waals surface area contributed by atoms with Crippen molar-refractivity contribution in [2.75, 3.05) is 11.9 Å². The number of amides is 2. The van der Waals surface area contributed by atoms with Crippen molar-refractivity contribution in [3.05, 3.63) is 44.2 Å². The van der Waals surface area contributed by atoms with Crippen LogP contribution in [0.2, 0.25) is 10.0 Å². The number of benzene rings is 1. The highest BCUT2D eigenvalue weighted by atomic mass is 35.5. The Labute approximate surface area is 165 Å². The Balaban J connectivity index is 1.72. The van der Waals surface area contributed by atoms with E-state index in [9.17, 15) is 9.59 Å². The van der Waals surface area contributed by atoms with Gasteiger partial charge in [-0.05, 0) is 48.9 Å². The van der Waals surface area contributed by atoms with E-state index in [0.29, 0.717) is 32.3 Å². The molecule has 0 radical (unpaired) electrons. The van der Waals surface area contributed by atoms with Crippen molar-refractivity contribution < 1.29 is 14.3 Å². The van der Waals surface area contributed by atoms with Gasteiger partial charge in [-0.15, -0.1) is 11.3 Å². The summed E-state index contributed by atoms with van der Waals surface area (Å²) < 4.78 is 5.43. The first kappa shape index (κ1) is 19.0. The number of primary amides is 1. The first-order valence-electron chi connectivity index (χ1n) is 8.17. The third-order valence-corrected chi connectivity index (χ3v) is 5.96. The molecule has 5 nitrogen and oxygen atoms in total. The smallest absolute Gasteiger partial charge is 0.262 e. The number of carbonyl (C=O) groups excluding carboxylic acids is 2. The van der Waals surface area contributed by atoms with Crippen LogP contribution in [0.4, 0.5) is 5.00 Å². The number of rotatable bonds is 5. The van der Waals surface area contributed by atoms with Gasteiger partial charge in [-0.25, -0.2) is 0 Å². The van der Waals surface area contributed by atoms with Crippen LogP contribution >= 0.6 is 34.5 Å². The minimum Gasteiger partial charge on any atom is -0.482 e. The summed E-state index contributed by atoms with van der Waals surface area (Å²) in [5, 5.41) is 4.05. The molecule has 0 saturated carbocycles. The monoisotopic (exact) mass is 412 g/mol. The third kappa shape index (κ3) is 4.14. The van der Waals surface area contributed by atoms with Gasteiger partial charge < -0.3 is 15.8 Å². The number of ether oxygens (including phenoxy) is 1. The average Bonchev–Trinajstić information content (AvgIpc) is 2.90. The summed E-state index contributed by atoms with van der Waals surface area (Å²) in [5.41, 5.74) is 6.94. The molecular weight excluding hydrogens is 395 g/mol. The zero-order chi connectivity index (χ0) is 18.8. The topological polar surface area (TPSA) is 81.4 Å². The van der Waals surface area contributed by atoms with Crippen molar-refractivity contribution in [3.63, 3.8) is 0 Å². The van der Waals surface area contributed by atoms with E-state index >= 15 is 0 Å². The van der Waals surface area contributed by atoms with Crippen LogP contribution in [0, 0.1) is 5.92 Å². The molecule has 8 heteroatoms. The molecule has 3 rings (SSSR count). The largest absolute Gasteiger partial charge is 0.482 e. The van der Waals surface area contributed by atoms with Gasteiger partial charge in [0.1, 0.15) is 10.8 Å². The minimum absolute atomic E-state index is 0.238. The SMILES string of the molecule is CC1CCc2c(sc(NC(=O)COc3ccc(Cl)cc3Cl)c2C(N)=O)C1. The fourth-order valence-electron chi connectivity index (χ4n) is 3.00. The molecule has 1 aliphatic carbocycles. The predicted molar refractivity (Wildman–Crippen MR) is 105 cm³/mol. The molecule has 3 N–H and O–H groups in total. The summed E-state index contributed by atoms with van der Waals surface area (Å²) in [4.78, 5) is 25.3. The van der Waals surface area contributed by atoms with Crippen LogP contribution in [-0.2, 0) is 17.6 Å². The van der Waals surface area contributed by atoms with Gasteiger partial charge in [0, 0.05) is 9.90 Å². The van der Waals surface area contributed by atoms with E-state index in [4.69, 9.17) is 33.7 Å². The summed E-state index contributed by atoms with van der Waals surface area (Å²) in [7, 11) is 0. The molecule has 1 aliphatic rings. The van der Waals surface area contributed by atoms with E-state index in [1.165, 1.54) is 17.4 Å². The van der Waals surface area contributed by atoms with Crippen LogP contribution in [0.3, 0.4) is 0 Å². The maximum Gasteiger partial charge on any atom is 0.262 e. The molecule has 138 valence electrons. The summed E-state index contributed by atoms with van der Waals surface area (Å²) in [6.07, 6.45) is 2.71. The minimum atomic E-state index is -0.519. The van der Waals surface area contributed by atoms with Crippen LogP contribution < -0.4 is 15.8 Å². The van der Waals surface area contributed by atoms with Crippen molar-refractivity contribution in [2.45, 2.75) is 26.2 Å². The summed E-state index contributed by atoms with van der Waals surface area (Å²) >= 11 is 13.3. The van der Waals surface area contributed by atoms with Gasteiger partial charge in [-0.1, -0.05) is 30.1 Å². The van der Waals surface area contributed by atoms with E-state index in [-0.39, 0.29) is 12.5 Å². The van der Waals surface area contributed by atoms with Crippen LogP contribution in [0.15, 0.2) is 18.2 Å². The molecule has 0 saturated heterocycles. The van der Waals surface area contributed by atoms with Crippen LogP contribution in [-0.4, -0.2) is 18.4 Å². The second-order valence-electron chi connectivity index (χ2n) is 6.33. The van der Waals surface area contributed by atoms with Gasteiger partial charge in [-0.2, -0.15) is 0 Å². The number of nitrogens with one attached hydrogen (secondary N) is 1. The number of hydrogen-bond donors (Lipinski definition) is 2. The molecule has 0 bridgehead atoms. The van der Waals surface area contributed by atoms with Gasteiger partial charge in [0.05, 0.1) is 10.6 Å². The zero-order valence-corrected chi connectivity index (χ0v) is 16.4. The molecule has 1 aromatic carbocycles. The number of anilines is 1. The Morgan fingerprint density at radius 3 is 2.85 bits per heavy atom. The lowest BCUT2D eigenvalue weighted by atomic mass is 9.88. The summed E-state index contributed by atoms with van der Waals surface area (Å²) in [6, 6.07) is 4.76. The van der Waals surface area contributed by atoms with Gasteiger partial charge in [0.25, 0.3) is 11.8 Å². The zero-order valence-electron chi connectivity index (χ0n) is 14.1. The Kier molecular flexibility index (Phi) is 5.75. The fourth-order valence-corrected chi connectivity index (χ4v) is 4.89. The standard InChI is InChI=1S/C18H18Cl2N2O3S/c1-9-2-4-11-14(6-9)26-18(16(11)17(21)24)22-15(23)8-25-13-5-3-10(19)7-12(13)20/h3,5,7,9H,2,4,6,8H2,1H3,(H2,21,24)(H,22,23). The highest BCUT2D eigenvalue weighted by Gasteiger charge is 2.27. The Morgan fingerprint density at radius 2 is 2.15 bits per heavy atom. The van der Waals surface area contributed by atoms with Gasteiger partial charge in [0.15, 0.2) is 6.61 Å². The van der Waals surface area contributed by atoms with Crippen LogP contribution in [0.25, 0.3) is 0 Å². The molecule has 0 aliphatic heterocycles. The van der Waals surface area contributed by atoms with E-state index < -0.39 is 5.91 Å². The van der Waals surface area contributed by atoms with Crippen LogP contribution in [0.5, 0.6) is 5.75 Å². The predicted octanol–water partition coefficient (Wildman–Crippen LogP) is 4.30. The number of fused-ring (bicyclic) bond motifs is 1. The Hall–Kier alpha value is -1.76. The van der Waals surface area contributed by atoms with E-state index in [0.717, 1.165) is 29.7 Å². The van der Waals surface area contributed by atoms with Gasteiger partial charge >= 0.3 is 0 Å². The first-order valence-corrected chi connectivity index (χ1v) is 9.74. The second kappa shape index (κ2) is 7.86.